The molecule has 1 N–H and O–H groups in total. The van der Waals surface area contributed by atoms with E-state index in [9.17, 15) is 27.1 Å². The van der Waals surface area contributed by atoms with Crippen LogP contribution in [0.5, 0.6) is 0 Å². The lowest BCUT2D eigenvalue weighted by Crippen LogP contribution is -2.41. The van der Waals surface area contributed by atoms with Gasteiger partial charge in [0.25, 0.3) is 0 Å². The topological polar surface area (TPSA) is 29.5 Å². The lowest BCUT2D eigenvalue weighted by atomic mass is 9.96. The van der Waals surface area contributed by atoms with Gasteiger partial charge in [-0.15, -0.1) is 0 Å². The molecule has 0 bridgehead atoms. The van der Waals surface area contributed by atoms with E-state index in [-0.39, 0.29) is 12.3 Å². The van der Waals surface area contributed by atoms with Crippen LogP contribution in [-0.2, 0) is 4.74 Å². The Morgan fingerprint density at radius 2 is 1.72 bits per heavy atom. The molecular weight excluding hydrogens is 279 g/mol. The Hall–Kier alpha value is -0.0800. The minimum atomic E-state index is -5.74. The molecule has 1 aliphatic rings. The first-order valence-corrected chi connectivity index (χ1v) is 6.72. The van der Waals surface area contributed by atoms with E-state index < -0.39 is 25.0 Å². The smallest absolute Gasteiger partial charge is 0.391 e. The second-order valence-corrected chi connectivity index (χ2v) is 5.50. The Morgan fingerprint density at radius 3 is 2.22 bits per heavy atom. The average molecular weight is 294 g/mol. The molecule has 0 aliphatic carbocycles. The predicted octanol–water partition coefficient (Wildman–Crippen LogP) is 3.05. The molecule has 0 saturated carbocycles. The number of rotatable bonds is 5. The highest BCUT2D eigenvalue weighted by molar-refractivity contribution is 7.99. The molecule has 18 heavy (non-hydrogen) atoms. The zero-order chi connectivity index (χ0) is 13.8. The summed E-state index contributed by atoms with van der Waals surface area (Å²) in [5.74, 6) is 2.03. The number of alkyl halides is 5. The molecule has 1 aliphatic heterocycles. The van der Waals surface area contributed by atoms with Crippen molar-refractivity contribution in [2.45, 2.75) is 37.7 Å². The summed E-state index contributed by atoms with van der Waals surface area (Å²) in [7, 11) is 0. The summed E-state index contributed by atoms with van der Waals surface area (Å²) in [6, 6.07) is 0. The van der Waals surface area contributed by atoms with Crippen LogP contribution in [0.15, 0.2) is 0 Å². The highest BCUT2D eigenvalue weighted by Gasteiger charge is 2.59. The van der Waals surface area contributed by atoms with Gasteiger partial charge in [0, 0.05) is 0 Å². The molecule has 0 amide bonds. The highest BCUT2D eigenvalue weighted by atomic mass is 32.2. The first kappa shape index (κ1) is 16.0. The summed E-state index contributed by atoms with van der Waals surface area (Å²) in [6.45, 7) is -1.00. The second kappa shape index (κ2) is 6.38. The van der Waals surface area contributed by atoms with Gasteiger partial charge in [0.05, 0.1) is 12.7 Å². The standard InChI is InChI=1S/C10H15F5O2S/c11-9(12,13)10(14,15)17-6-8(16)5-7-1-3-18-4-2-7/h7-8,16H,1-6H2. The van der Waals surface area contributed by atoms with Crippen molar-refractivity contribution in [3.63, 3.8) is 0 Å². The summed E-state index contributed by atoms with van der Waals surface area (Å²) < 4.78 is 63.6. The number of ether oxygens (including phenoxy) is 1. The lowest BCUT2D eigenvalue weighted by molar-refractivity contribution is -0.394. The molecule has 108 valence electrons. The fourth-order valence-electron chi connectivity index (χ4n) is 1.72. The van der Waals surface area contributed by atoms with E-state index >= 15 is 0 Å². The fourth-order valence-corrected chi connectivity index (χ4v) is 2.92. The largest absolute Gasteiger partial charge is 0.482 e. The van der Waals surface area contributed by atoms with Gasteiger partial charge in [-0.25, -0.2) is 0 Å². The van der Waals surface area contributed by atoms with Crippen LogP contribution in [0.3, 0.4) is 0 Å². The minimum Gasteiger partial charge on any atom is -0.391 e. The summed E-state index contributed by atoms with van der Waals surface area (Å²) in [5.41, 5.74) is 0. The van der Waals surface area contributed by atoms with Gasteiger partial charge in [-0.2, -0.15) is 33.7 Å². The molecule has 2 nitrogen and oxygen atoms in total. The van der Waals surface area contributed by atoms with Crippen LogP contribution in [0.1, 0.15) is 19.3 Å². The predicted molar refractivity (Wildman–Crippen MR) is 57.6 cm³/mol. The first-order valence-electron chi connectivity index (χ1n) is 5.56. The maximum Gasteiger partial charge on any atom is 0.482 e. The third-order valence-corrected chi connectivity index (χ3v) is 3.78. The van der Waals surface area contributed by atoms with Gasteiger partial charge in [-0.3, -0.25) is 0 Å². The normalized spacial score (nSPS) is 21.0. The first-order chi connectivity index (χ1) is 8.22. The van der Waals surface area contributed by atoms with Crippen LogP contribution < -0.4 is 0 Å². The Labute approximate surface area is 106 Å². The van der Waals surface area contributed by atoms with Gasteiger partial charge in [-0.1, -0.05) is 0 Å². The van der Waals surface area contributed by atoms with Gasteiger partial charge in [-0.05, 0) is 36.7 Å². The quantitative estimate of drug-likeness (QED) is 0.790. The lowest BCUT2D eigenvalue weighted by Gasteiger charge is -2.25. The molecule has 0 aromatic rings. The van der Waals surface area contributed by atoms with E-state index in [1.54, 1.807) is 11.8 Å². The summed E-state index contributed by atoms with van der Waals surface area (Å²) in [5, 5.41) is 9.40. The molecule has 1 rings (SSSR count). The molecule has 1 unspecified atom stereocenters. The van der Waals surface area contributed by atoms with Crippen molar-refractivity contribution < 1.29 is 31.8 Å². The number of hydrogen-bond donors (Lipinski definition) is 1. The molecule has 1 heterocycles. The molecule has 0 radical (unpaired) electrons. The van der Waals surface area contributed by atoms with Crippen LogP contribution >= 0.6 is 11.8 Å². The van der Waals surface area contributed by atoms with Gasteiger partial charge < -0.3 is 9.84 Å². The Kier molecular flexibility index (Phi) is 5.67. The fraction of sp³-hybridized carbons (Fsp3) is 1.00. The monoisotopic (exact) mass is 294 g/mol. The Bertz CT molecular complexity index is 253. The molecule has 1 atom stereocenters. The summed E-state index contributed by atoms with van der Waals surface area (Å²) >= 11 is 1.77. The Balaban J connectivity index is 2.30. The maximum atomic E-state index is 12.4. The van der Waals surface area contributed by atoms with E-state index in [0.717, 1.165) is 24.3 Å². The molecule has 0 aromatic heterocycles. The number of aliphatic hydroxyl groups excluding tert-OH is 1. The van der Waals surface area contributed by atoms with Crippen molar-refractivity contribution >= 4 is 11.8 Å². The van der Waals surface area contributed by atoms with E-state index in [4.69, 9.17) is 0 Å². The van der Waals surface area contributed by atoms with E-state index in [1.807, 2.05) is 0 Å². The third kappa shape index (κ3) is 4.89. The van der Waals surface area contributed by atoms with Gasteiger partial charge >= 0.3 is 12.3 Å². The zero-order valence-electron chi connectivity index (χ0n) is 9.55. The van der Waals surface area contributed by atoms with Crippen molar-refractivity contribution in [3.8, 4) is 0 Å². The van der Waals surface area contributed by atoms with Crippen molar-refractivity contribution in [1.29, 1.82) is 0 Å². The van der Waals surface area contributed by atoms with Crippen molar-refractivity contribution in [3.05, 3.63) is 0 Å². The molecule has 8 heteroatoms. The number of aliphatic hydroxyl groups is 1. The molecule has 0 aromatic carbocycles. The van der Waals surface area contributed by atoms with Gasteiger partial charge in [0.2, 0.25) is 0 Å². The van der Waals surface area contributed by atoms with Gasteiger partial charge in [0.15, 0.2) is 0 Å². The molecule has 0 spiro atoms. The average Bonchev–Trinajstić information content (AvgIpc) is 2.26. The van der Waals surface area contributed by atoms with Crippen LogP contribution in [0.2, 0.25) is 0 Å². The van der Waals surface area contributed by atoms with Crippen molar-refractivity contribution in [2.24, 2.45) is 5.92 Å². The van der Waals surface area contributed by atoms with Crippen LogP contribution in [0, 0.1) is 5.92 Å². The van der Waals surface area contributed by atoms with E-state index in [0.29, 0.717) is 0 Å². The van der Waals surface area contributed by atoms with Crippen LogP contribution in [0.4, 0.5) is 22.0 Å². The third-order valence-electron chi connectivity index (χ3n) is 2.73. The van der Waals surface area contributed by atoms with Crippen molar-refractivity contribution in [1.82, 2.24) is 0 Å². The maximum absolute atomic E-state index is 12.4. The van der Waals surface area contributed by atoms with E-state index in [2.05, 4.69) is 4.74 Å². The second-order valence-electron chi connectivity index (χ2n) is 4.27. The van der Waals surface area contributed by atoms with Crippen molar-refractivity contribution in [2.75, 3.05) is 18.1 Å². The summed E-state index contributed by atoms with van der Waals surface area (Å²) in [4.78, 5) is 0. The molecular formula is C10H15F5O2S. The van der Waals surface area contributed by atoms with Crippen LogP contribution in [-0.4, -0.2) is 41.6 Å². The van der Waals surface area contributed by atoms with E-state index in [1.165, 1.54) is 0 Å². The highest BCUT2D eigenvalue weighted by Crippen LogP contribution is 2.36. The van der Waals surface area contributed by atoms with Gasteiger partial charge in [0.1, 0.15) is 0 Å². The number of halogens is 5. The SMILES string of the molecule is OC(COC(F)(F)C(F)(F)F)CC1CCSCC1. The Morgan fingerprint density at radius 1 is 1.17 bits per heavy atom. The molecule has 1 saturated heterocycles. The zero-order valence-corrected chi connectivity index (χ0v) is 10.4. The summed E-state index contributed by atoms with van der Waals surface area (Å²) in [6.07, 6.45) is -10.3. The van der Waals surface area contributed by atoms with Crippen LogP contribution in [0.25, 0.3) is 0 Å². The minimum absolute atomic E-state index is 0.171. The molecule has 1 fully saturated rings. The number of hydrogen-bond acceptors (Lipinski definition) is 3. The number of thioether (sulfide) groups is 1.